The minimum Gasteiger partial charge on any atom is -0.329 e. The van der Waals surface area contributed by atoms with Crippen LogP contribution in [0.4, 0.5) is 4.79 Å². The van der Waals surface area contributed by atoms with Gasteiger partial charge >= 0.3 is 6.03 Å². The van der Waals surface area contributed by atoms with Crippen LogP contribution in [0.5, 0.6) is 0 Å². The first-order valence-corrected chi connectivity index (χ1v) is 7.94. The predicted molar refractivity (Wildman–Crippen MR) is 98.6 cm³/mol. The number of amides is 1. The molecule has 3 rings (SSSR count). The Morgan fingerprint density at radius 3 is 2.04 bits per heavy atom. The molecule has 1 aromatic heterocycles. The van der Waals surface area contributed by atoms with Crippen LogP contribution in [-0.4, -0.2) is 34.8 Å². The van der Waals surface area contributed by atoms with Crippen molar-refractivity contribution in [2.24, 2.45) is 0 Å². The van der Waals surface area contributed by atoms with Gasteiger partial charge in [-0.2, -0.15) is 10.4 Å². The Bertz CT molecular complexity index is 1050. The molecule has 0 N–H and O–H groups in total. The first-order valence-electron chi connectivity index (χ1n) is 7.94. The Labute approximate surface area is 150 Å². The molecule has 0 saturated carbocycles. The third-order valence-electron chi connectivity index (χ3n) is 3.88. The first kappa shape index (κ1) is 17.1. The highest BCUT2D eigenvalue weighted by atomic mass is 16.2. The van der Waals surface area contributed by atoms with Crippen molar-refractivity contribution in [2.75, 3.05) is 14.1 Å². The molecule has 0 aliphatic rings. The third-order valence-corrected chi connectivity index (χ3v) is 3.88. The maximum atomic E-state index is 12.8. The van der Waals surface area contributed by atoms with E-state index >= 15 is 0 Å². The number of aromatic nitrogens is 2. The van der Waals surface area contributed by atoms with E-state index in [1.54, 1.807) is 0 Å². The van der Waals surface area contributed by atoms with Crippen molar-refractivity contribution in [3.63, 3.8) is 0 Å². The number of carbonyl (C=O) groups is 1. The second-order valence-corrected chi connectivity index (χ2v) is 5.84. The Morgan fingerprint density at radius 1 is 1.00 bits per heavy atom. The molecule has 3 aromatic rings. The second-order valence-electron chi connectivity index (χ2n) is 5.84. The summed E-state index contributed by atoms with van der Waals surface area (Å²) in [5, 5.41) is 14.0. The smallest absolute Gasteiger partial charge is 0.329 e. The number of nitrogens with zero attached hydrogens (tertiary/aromatic N) is 4. The predicted octanol–water partition coefficient (Wildman–Crippen LogP) is 2.98. The first-order chi connectivity index (χ1) is 12.5. The second kappa shape index (κ2) is 7.03. The van der Waals surface area contributed by atoms with Gasteiger partial charge in [-0.3, -0.25) is 4.79 Å². The molecule has 1 amide bonds. The summed E-state index contributed by atoms with van der Waals surface area (Å²) in [5.41, 5.74) is 1.39. The number of nitriles is 1. The van der Waals surface area contributed by atoms with E-state index in [1.807, 2.05) is 66.7 Å². The van der Waals surface area contributed by atoms with Crippen LogP contribution in [0.1, 0.15) is 5.56 Å². The number of carbonyl (C=O) groups excluding carboxylic acids is 1. The largest absolute Gasteiger partial charge is 0.347 e. The lowest BCUT2D eigenvalue weighted by atomic mass is 9.96. The Balaban J connectivity index is 2.43. The lowest BCUT2D eigenvalue weighted by Gasteiger charge is -2.16. The van der Waals surface area contributed by atoms with Crippen LogP contribution in [0.15, 0.2) is 65.5 Å². The molecule has 6 nitrogen and oxygen atoms in total. The zero-order valence-electron chi connectivity index (χ0n) is 14.4. The zero-order valence-corrected chi connectivity index (χ0v) is 14.4. The summed E-state index contributed by atoms with van der Waals surface area (Å²) < 4.78 is 0.743. The SMILES string of the molecule is CN(C)C(=O)n1nc(-c2ccccc2)c(-c2ccccc2)c(C#N)c1=O. The van der Waals surface area contributed by atoms with Crippen LogP contribution < -0.4 is 5.56 Å². The quantitative estimate of drug-likeness (QED) is 0.716. The Hall–Kier alpha value is -3.72. The van der Waals surface area contributed by atoms with Crippen molar-refractivity contribution >= 4 is 6.03 Å². The van der Waals surface area contributed by atoms with Crippen molar-refractivity contribution in [1.29, 1.82) is 5.26 Å². The molecule has 2 aromatic carbocycles. The van der Waals surface area contributed by atoms with Gasteiger partial charge in [0.15, 0.2) is 0 Å². The molecule has 0 aliphatic heterocycles. The van der Waals surface area contributed by atoms with Crippen molar-refractivity contribution in [2.45, 2.75) is 0 Å². The monoisotopic (exact) mass is 344 g/mol. The van der Waals surface area contributed by atoms with Crippen molar-refractivity contribution < 1.29 is 4.79 Å². The Kier molecular flexibility index (Phi) is 4.63. The number of hydrogen-bond acceptors (Lipinski definition) is 4. The summed E-state index contributed by atoms with van der Waals surface area (Å²) in [5.74, 6) is 0. The number of rotatable bonds is 2. The van der Waals surface area contributed by atoms with Crippen LogP contribution in [0.2, 0.25) is 0 Å². The lowest BCUT2D eigenvalue weighted by molar-refractivity contribution is 0.214. The van der Waals surface area contributed by atoms with E-state index in [1.165, 1.54) is 19.0 Å². The highest BCUT2D eigenvalue weighted by Crippen LogP contribution is 2.31. The molecule has 6 heteroatoms. The molecule has 128 valence electrons. The summed E-state index contributed by atoms with van der Waals surface area (Å²) in [6, 6.07) is 19.6. The third kappa shape index (κ3) is 2.98. The molecule has 0 saturated heterocycles. The van der Waals surface area contributed by atoms with E-state index in [9.17, 15) is 14.9 Å². The van der Waals surface area contributed by atoms with E-state index < -0.39 is 11.6 Å². The minimum absolute atomic E-state index is 0.111. The fourth-order valence-electron chi connectivity index (χ4n) is 2.63. The van der Waals surface area contributed by atoms with E-state index in [0.29, 0.717) is 22.4 Å². The van der Waals surface area contributed by atoms with Gasteiger partial charge in [0.05, 0.1) is 0 Å². The van der Waals surface area contributed by atoms with Crippen molar-refractivity contribution in [3.05, 3.63) is 76.6 Å². The van der Waals surface area contributed by atoms with Gasteiger partial charge in [0, 0.05) is 25.2 Å². The van der Waals surface area contributed by atoms with Gasteiger partial charge in [0.2, 0.25) is 0 Å². The molecule has 1 heterocycles. The summed E-state index contributed by atoms with van der Waals surface area (Å²) in [4.78, 5) is 26.4. The van der Waals surface area contributed by atoms with Gasteiger partial charge in [-0.1, -0.05) is 60.7 Å². The van der Waals surface area contributed by atoms with Gasteiger partial charge in [-0.25, -0.2) is 4.79 Å². The molecular formula is C20H16N4O2. The average molecular weight is 344 g/mol. The van der Waals surface area contributed by atoms with Gasteiger partial charge in [0.1, 0.15) is 17.3 Å². The Morgan fingerprint density at radius 2 is 1.54 bits per heavy atom. The van der Waals surface area contributed by atoms with E-state index in [-0.39, 0.29) is 5.56 Å². The molecule has 26 heavy (non-hydrogen) atoms. The molecule has 0 fully saturated rings. The highest BCUT2D eigenvalue weighted by Gasteiger charge is 2.23. The molecule has 0 bridgehead atoms. The lowest BCUT2D eigenvalue weighted by Crippen LogP contribution is -2.39. The van der Waals surface area contributed by atoms with Gasteiger partial charge in [0.25, 0.3) is 5.56 Å². The van der Waals surface area contributed by atoms with Crippen LogP contribution in [0.3, 0.4) is 0 Å². The van der Waals surface area contributed by atoms with Gasteiger partial charge < -0.3 is 4.90 Å². The summed E-state index contributed by atoms with van der Waals surface area (Å²) in [7, 11) is 3.05. The normalized spacial score (nSPS) is 10.2. The van der Waals surface area contributed by atoms with Crippen LogP contribution in [0.25, 0.3) is 22.4 Å². The molecule has 0 atom stereocenters. The maximum Gasteiger partial charge on any atom is 0.347 e. The summed E-state index contributed by atoms with van der Waals surface area (Å²) in [6.07, 6.45) is 0. The fourth-order valence-corrected chi connectivity index (χ4v) is 2.63. The van der Waals surface area contributed by atoms with Crippen LogP contribution in [-0.2, 0) is 0 Å². The van der Waals surface area contributed by atoms with Crippen molar-refractivity contribution in [1.82, 2.24) is 14.7 Å². The fraction of sp³-hybridized carbons (Fsp3) is 0.100. The summed E-state index contributed by atoms with van der Waals surface area (Å²) in [6.45, 7) is 0. The topological polar surface area (TPSA) is 79.0 Å². The van der Waals surface area contributed by atoms with Crippen molar-refractivity contribution in [3.8, 4) is 28.5 Å². The minimum atomic E-state index is -0.732. The van der Waals surface area contributed by atoms with Gasteiger partial charge in [-0.15, -0.1) is 4.68 Å². The van der Waals surface area contributed by atoms with Gasteiger partial charge in [-0.05, 0) is 5.56 Å². The van der Waals surface area contributed by atoms with Crippen LogP contribution >= 0.6 is 0 Å². The standard InChI is InChI=1S/C20H16N4O2/c1-23(2)20(26)24-19(25)16(13-21)17(14-9-5-3-6-10-14)18(22-24)15-11-7-4-8-12-15/h3-12H,1-2H3. The molecule has 0 spiro atoms. The highest BCUT2D eigenvalue weighted by molar-refractivity contribution is 5.86. The molecular weight excluding hydrogens is 328 g/mol. The molecule has 0 aliphatic carbocycles. The van der Waals surface area contributed by atoms with E-state index in [4.69, 9.17) is 0 Å². The summed E-state index contributed by atoms with van der Waals surface area (Å²) >= 11 is 0. The zero-order chi connectivity index (χ0) is 18.7. The number of hydrogen-bond donors (Lipinski definition) is 0. The van der Waals surface area contributed by atoms with Crippen LogP contribution in [0, 0.1) is 11.3 Å². The maximum absolute atomic E-state index is 12.8. The average Bonchev–Trinajstić information content (AvgIpc) is 2.68. The molecule has 0 unspecified atom stereocenters. The van der Waals surface area contributed by atoms with E-state index in [2.05, 4.69) is 5.10 Å². The van der Waals surface area contributed by atoms with E-state index in [0.717, 1.165) is 4.68 Å². The molecule has 0 radical (unpaired) electrons. The number of benzene rings is 2.